The Balaban J connectivity index is 1.89. The summed E-state index contributed by atoms with van der Waals surface area (Å²) in [6.45, 7) is 2.00. The van der Waals surface area contributed by atoms with E-state index in [1.54, 1.807) is 66.7 Å². The molecule has 33 heavy (non-hydrogen) atoms. The number of halogens is 1. The Morgan fingerprint density at radius 2 is 1.55 bits per heavy atom. The van der Waals surface area contributed by atoms with Crippen molar-refractivity contribution in [2.24, 2.45) is 0 Å². The summed E-state index contributed by atoms with van der Waals surface area (Å²) in [6, 6.07) is 21.4. The number of sulfonamides is 1. The average Bonchev–Trinajstić information content (AvgIpc) is 2.82. The summed E-state index contributed by atoms with van der Waals surface area (Å²) < 4.78 is 28.8. The van der Waals surface area contributed by atoms with E-state index in [9.17, 15) is 18.0 Å². The lowest BCUT2D eigenvalue weighted by molar-refractivity contribution is -0.114. The monoisotopic (exact) mass is 577 g/mol. The fourth-order valence-electron chi connectivity index (χ4n) is 3.09. The molecule has 3 aromatic rings. The second kappa shape index (κ2) is 11.3. The van der Waals surface area contributed by atoms with Gasteiger partial charge in [-0.1, -0.05) is 37.3 Å². The molecule has 3 aromatic carbocycles. The molecule has 0 fully saturated rings. The second-order valence-corrected chi connectivity index (χ2v) is 10.3. The Labute approximate surface area is 207 Å². The van der Waals surface area contributed by atoms with E-state index >= 15 is 0 Å². The van der Waals surface area contributed by atoms with E-state index in [1.807, 2.05) is 6.92 Å². The smallest absolute Gasteiger partial charge is 0.264 e. The van der Waals surface area contributed by atoms with Gasteiger partial charge in [0, 0.05) is 10.1 Å². The molecule has 0 heterocycles. The zero-order valence-corrected chi connectivity index (χ0v) is 21.0. The van der Waals surface area contributed by atoms with Gasteiger partial charge in [-0.05, 0) is 77.5 Å². The van der Waals surface area contributed by atoms with Gasteiger partial charge in [0.1, 0.15) is 6.54 Å². The van der Waals surface area contributed by atoms with E-state index in [-0.39, 0.29) is 10.8 Å². The quantitative estimate of drug-likeness (QED) is 0.372. The maximum atomic E-state index is 13.4. The van der Waals surface area contributed by atoms with Crippen molar-refractivity contribution in [2.75, 3.05) is 22.7 Å². The number of para-hydroxylation sites is 1. The maximum Gasteiger partial charge on any atom is 0.264 e. The van der Waals surface area contributed by atoms with Crippen molar-refractivity contribution < 1.29 is 18.0 Å². The Hall–Kier alpha value is -2.92. The lowest BCUT2D eigenvalue weighted by atomic mass is 10.1. The number of anilines is 2. The first-order chi connectivity index (χ1) is 15.8. The molecule has 3 rings (SSSR count). The topological polar surface area (TPSA) is 95.6 Å². The minimum atomic E-state index is -4.00. The van der Waals surface area contributed by atoms with Gasteiger partial charge < -0.3 is 10.6 Å². The lowest BCUT2D eigenvalue weighted by Gasteiger charge is -2.24. The van der Waals surface area contributed by atoms with Crippen LogP contribution in [0.15, 0.2) is 83.8 Å². The van der Waals surface area contributed by atoms with Crippen molar-refractivity contribution >= 4 is 55.8 Å². The average molecular weight is 577 g/mol. The first-order valence-electron chi connectivity index (χ1n) is 10.3. The minimum absolute atomic E-state index is 0.0793. The molecule has 0 atom stereocenters. The van der Waals surface area contributed by atoms with Gasteiger partial charge in [-0.2, -0.15) is 0 Å². The van der Waals surface area contributed by atoms with Gasteiger partial charge in [0.15, 0.2) is 0 Å². The van der Waals surface area contributed by atoms with E-state index in [0.29, 0.717) is 23.5 Å². The summed E-state index contributed by atoms with van der Waals surface area (Å²) in [5.41, 5.74) is 0.991. The van der Waals surface area contributed by atoms with Crippen molar-refractivity contribution in [3.8, 4) is 0 Å². The Morgan fingerprint density at radius 3 is 2.21 bits per heavy atom. The maximum absolute atomic E-state index is 13.4. The van der Waals surface area contributed by atoms with Crippen LogP contribution in [0.3, 0.4) is 0 Å². The summed E-state index contributed by atoms with van der Waals surface area (Å²) in [4.78, 5) is 25.5. The van der Waals surface area contributed by atoms with Crippen LogP contribution >= 0.6 is 22.6 Å². The van der Waals surface area contributed by atoms with E-state index < -0.39 is 22.5 Å². The number of nitrogens with one attached hydrogen (secondary N) is 2. The first kappa shape index (κ1) is 24.7. The van der Waals surface area contributed by atoms with E-state index in [4.69, 9.17) is 0 Å². The van der Waals surface area contributed by atoms with Gasteiger partial charge in [-0.3, -0.25) is 13.9 Å². The Bertz CT molecular complexity index is 1220. The van der Waals surface area contributed by atoms with Crippen molar-refractivity contribution in [1.82, 2.24) is 5.32 Å². The number of amides is 2. The number of rotatable bonds is 9. The van der Waals surface area contributed by atoms with E-state index in [0.717, 1.165) is 14.3 Å². The Kier molecular flexibility index (Phi) is 8.45. The van der Waals surface area contributed by atoms with Crippen LogP contribution in [0.4, 0.5) is 11.4 Å². The fraction of sp³-hybridized carbons (Fsp3) is 0.167. The second-order valence-electron chi connectivity index (χ2n) is 7.15. The predicted octanol–water partition coefficient (Wildman–Crippen LogP) is 4.27. The highest BCUT2D eigenvalue weighted by Crippen LogP contribution is 2.25. The third-order valence-corrected chi connectivity index (χ3v) is 7.22. The molecule has 0 aromatic heterocycles. The fourth-order valence-corrected chi connectivity index (χ4v) is 4.89. The zero-order chi connectivity index (χ0) is 23.8. The molecule has 2 N–H and O–H groups in total. The summed E-state index contributed by atoms with van der Waals surface area (Å²) >= 11 is 2.13. The van der Waals surface area contributed by atoms with Crippen LogP contribution in [0.2, 0.25) is 0 Å². The van der Waals surface area contributed by atoms with Crippen LogP contribution in [0.5, 0.6) is 0 Å². The number of benzene rings is 3. The Morgan fingerprint density at radius 1 is 0.909 bits per heavy atom. The van der Waals surface area contributed by atoms with Gasteiger partial charge >= 0.3 is 0 Å². The van der Waals surface area contributed by atoms with Gasteiger partial charge in [-0.25, -0.2) is 8.42 Å². The van der Waals surface area contributed by atoms with Crippen LogP contribution in [0.1, 0.15) is 23.7 Å². The number of hydrogen-bond donors (Lipinski definition) is 2. The number of carbonyl (C=O) groups excluding carboxylic acids is 2. The SMILES string of the molecule is CCCNC(=O)c1ccccc1NC(=O)CN(c1ccc(I)cc1)S(=O)(=O)c1ccccc1. The standard InChI is InChI=1S/C24H24IN3O4S/c1-2-16-26-24(30)21-10-6-7-11-22(21)27-23(29)17-28(19-14-12-18(25)13-15-19)33(31,32)20-8-4-3-5-9-20/h3-15H,2,16-17H2,1H3,(H,26,30)(H,27,29). The summed E-state index contributed by atoms with van der Waals surface area (Å²) in [5, 5.41) is 5.48. The van der Waals surface area contributed by atoms with E-state index in [1.165, 1.54) is 12.1 Å². The molecule has 0 aliphatic rings. The number of nitrogens with zero attached hydrogens (tertiary/aromatic N) is 1. The van der Waals surface area contributed by atoms with Crippen LogP contribution < -0.4 is 14.9 Å². The lowest BCUT2D eigenvalue weighted by Crippen LogP contribution is -2.38. The van der Waals surface area contributed by atoms with Crippen LogP contribution in [-0.4, -0.2) is 33.3 Å². The third kappa shape index (κ3) is 6.32. The van der Waals surface area contributed by atoms with Crippen LogP contribution in [-0.2, 0) is 14.8 Å². The molecule has 2 amide bonds. The highest BCUT2D eigenvalue weighted by atomic mass is 127. The molecular weight excluding hydrogens is 553 g/mol. The van der Waals surface area contributed by atoms with Crippen molar-refractivity contribution in [3.05, 3.63) is 88.0 Å². The highest BCUT2D eigenvalue weighted by Gasteiger charge is 2.27. The summed E-state index contributed by atoms with van der Waals surface area (Å²) in [5.74, 6) is -0.872. The molecule has 0 saturated carbocycles. The predicted molar refractivity (Wildman–Crippen MR) is 138 cm³/mol. The molecule has 0 bridgehead atoms. The van der Waals surface area contributed by atoms with Crippen molar-refractivity contribution in [2.45, 2.75) is 18.2 Å². The third-order valence-electron chi connectivity index (χ3n) is 4.71. The normalized spacial score (nSPS) is 11.0. The summed E-state index contributed by atoms with van der Waals surface area (Å²) in [6.07, 6.45) is 0.780. The summed E-state index contributed by atoms with van der Waals surface area (Å²) in [7, 11) is -4.00. The molecule has 0 aliphatic carbocycles. The van der Waals surface area contributed by atoms with Crippen LogP contribution in [0, 0.1) is 3.57 Å². The van der Waals surface area contributed by atoms with Gasteiger partial charge in [0.25, 0.3) is 15.9 Å². The largest absolute Gasteiger partial charge is 0.352 e. The molecule has 0 spiro atoms. The number of carbonyl (C=O) groups is 2. The van der Waals surface area contributed by atoms with E-state index in [2.05, 4.69) is 33.2 Å². The molecule has 172 valence electrons. The first-order valence-corrected chi connectivity index (χ1v) is 12.8. The molecule has 9 heteroatoms. The molecule has 0 unspecified atom stereocenters. The van der Waals surface area contributed by atoms with Crippen molar-refractivity contribution in [3.63, 3.8) is 0 Å². The zero-order valence-electron chi connectivity index (χ0n) is 18.0. The minimum Gasteiger partial charge on any atom is -0.352 e. The van der Waals surface area contributed by atoms with Crippen molar-refractivity contribution in [1.29, 1.82) is 0 Å². The van der Waals surface area contributed by atoms with Gasteiger partial charge in [0.2, 0.25) is 5.91 Å². The molecule has 0 saturated heterocycles. The van der Waals surface area contributed by atoms with Gasteiger partial charge in [0.05, 0.1) is 21.8 Å². The molecule has 0 aliphatic heterocycles. The van der Waals surface area contributed by atoms with Gasteiger partial charge in [-0.15, -0.1) is 0 Å². The molecule has 7 nitrogen and oxygen atoms in total. The van der Waals surface area contributed by atoms with Crippen LogP contribution in [0.25, 0.3) is 0 Å². The number of hydrogen-bond acceptors (Lipinski definition) is 4. The molecular formula is C24H24IN3O4S. The molecule has 0 radical (unpaired) electrons. The highest BCUT2D eigenvalue weighted by molar-refractivity contribution is 14.1.